The Morgan fingerprint density at radius 3 is 2.89 bits per heavy atom. The summed E-state index contributed by atoms with van der Waals surface area (Å²) in [4.78, 5) is 0. The molecule has 0 aromatic rings. The first kappa shape index (κ1) is 7.42. The highest BCUT2D eigenvalue weighted by molar-refractivity contribution is 7.99. The van der Waals surface area contributed by atoms with Gasteiger partial charge in [-0.3, -0.25) is 0 Å². The van der Waals surface area contributed by atoms with Crippen LogP contribution in [0.4, 0.5) is 0 Å². The smallest absolute Gasteiger partial charge is 0.0920 e. The maximum absolute atomic E-state index is 5.17. The van der Waals surface area contributed by atoms with E-state index in [0.29, 0.717) is 0 Å². The highest BCUT2D eigenvalue weighted by atomic mass is 32.2. The summed E-state index contributed by atoms with van der Waals surface area (Å²) in [5.74, 6) is 3.25. The first-order valence-electron chi connectivity index (χ1n) is 3.59. The molecule has 0 saturated heterocycles. The Balaban J connectivity index is 1.71. The SMILES string of the molecule is CCOCSCC1CC1. The van der Waals surface area contributed by atoms with Crippen molar-refractivity contribution in [1.29, 1.82) is 0 Å². The van der Waals surface area contributed by atoms with Gasteiger partial charge in [-0.25, -0.2) is 0 Å². The van der Waals surface area contributed by atoms with Crippen molar-refractivity contribution in [3.63, 3.8) is 0 Å². The minimum Gasteiger partial charge on any atom is -0.371 e. The Morgan fingerprint density at radius 2 is 2.33 bits per heavy atom. The Labute approximate surface area is 61.2 Å². The lowest BCUT2D eigenvalue weighted by molar-refractivity contribution is 0.199. The van der Waals surface area contributed by atoms with Crippen molar-refractivity contribution in [1.82, 2.24) is 0 Å². The molecule has 9 heavy (non-hydrogen) atoms. The van der Waals surface area contributed by atoms with E-state index in [4.69, 9.17) is 4.74 Å². The van der Waals surface area contributed by atoms with Crippen LogP contribution in [0.5, 0.6) is 0 Å². The van der Waals surface area contributed by atoms with Gasteiger partial charge in [0.2, 0.25) is 0 Å². The minimum atomic E-state index is 0.859. The van der Waals surface area contributed by atoms with Crippen LogP contribution in [0.2, 0.25) is 0 Å². The van der Waals surface area contributed by atoms with Crippen molar-refractivity contribution in [2.45, 2.75) is 19.8 Å². The van der Waals surface area contributed by atoms with Crippen LogP contribution in [0.3, 0.4) is 0 Å². The van der Waals surface area contributed by atoms with Crippen LogP contribution in [0.25, 0.3) is 0 Å². The Hall–Kier alpha value is 0.310. The molecule has 0 bridgehead atoms. The van der Waals surface area contributed by atoms with Crippen LogP contribution in [0, 0.1) is 5.92 Å². The molecule has 1 nitrogen and oxygen atoms in total. The summed E-state index contributed by atoms with van der Waals surface area (Å²) in [6, 6.07) is 0. The van der Waals surface area contributed by atoms with E-state index in [2.05, 4.69) is 0 Å². The van der Waals surface area contributed by atoms with Gasteiger partial charge >= 0.3 is 0 Å². The average molecular weight is 146 g/mol. The summed E-state index contributed by atoms with van der Waals surface area (Å²) in [5.41, 5.74) is 0. The van der Waals surface area contributed by atoms with Gasteiger partial charge in [-0.15, -0.1) is 11.8 Å². The fraction of sp³-hybridized carbons (Fsp3) is 1.00. The molecular formula is C7H14OS. The van der Waals surface area contributed by atoms with Crippen molar-refractivity contribution in [2.75, 3.05) is 18.3 Å². The van der Waals surface area contributed by atoms with E-state index in [9.17, 15) is 0 Å². The van der Waals surface area contributed by atoms with Crippen LogP contribution in [0.1, 0.15) is 19.8 Å². The summed E-state index contributed by atoms with van der Waals surface area (Å²) >= 11 is 1.93. The van der Waals surface area contributed by atoms with Crippen LogP contribution in [-0.2, 0) is 4.74 Å². The molecule has 54 valence electrons. The van der Waals surface area contributed by atoms with Gasteiger partial charge in [-0.2, -0.15) is 0 Å². The van der Waals surface area contributed by atoms with Gasteiger partial charge in [0.05, 0.1) is 5.94 Å². The normalized spacial score (nSPS) is 18.3. The third-order valence-electron chi connectivity index (χ3n) is 1.42. The van der Waals surface area contributed by atoms with E-state index >= 15 is 0 Å². The van der Waals surface area contributed by atoms with Crippen molar-refractivity contribution >= 4 is 11.8 Å². The van der Waals surface area contributed by atoms with Crippen LogP contribution in [0.15, 0.2) is 0 Å². The summed E-state index contributed by atoms with van der Waals surface area (Å²) in [6.45, 7) is 2.90. The van der Waals surface area contributed by atoms with E-state index < -0.39 is 0 Å². The van der Waals surface area contributed by atoms with Crippen LogP contribution < -0.4 is 0 Å². The highest BCUT2D eigenvalue weighted by Gasteiger charge is 2.20. The van der Waals surface area contributed by atoms with E-state index in [-0.39, 0.29) is 0 Å². The summed E-state index contributed by atoms with van der Waals surface area (Å²) < 4.78 is 5.17. The van der Waals surface area contributed by atoms with E-state index in [0.717, 1.165) is 18.5 Å². The van der Waals surface area contributed by atoms with Crippen molar-refractivity contribution < 1.29 is 4.74 Å². The molecule has 0 spiro atoms. The molecule has 0 aromatic heterocycles. The number of rotatable bonds is 5. The Bertz CT molecular complexity index is 71.3. The second kappa shape index (κ2) is 4.18. The van der Waals surface area contributed by atoms with Gasteiger partial charge in [0.15, 0.2) is 0 Å². The van der Waals surface area contributed by atoms with Crippen molar-refractivity contribution in [2.24, 2.45) is 5.92 Å². The molecule has 0 heterocycles. The fourth-order valence-electron chi connectivity index (χ4n) is 0.642. The lowest BCUT2D eigenvalue weighted by Gasteiger charge is -1.98. The van der Waals surface area contributed by atoms with E-state index in [1.165, 1.54) is 18.6 Å². The first-order valence-corrected chi connectivity index (χ1v) is 4.74. The zero-order chi connectivity index (χ0) is 6.53. The zero-order valence-corrected chi connectivity index (χ0v) is 6.75. The van der Waals surface area contributed by atoms with Crippen molar-refractivity contribution in [3.05, 3.63) is 0 Å². The zero-order valence-electron chi connectivity index (χ0n) is 5.93. The summed E-state index contributed by atoms with van der Waals surface area (Å²) in [5, 5.41) is 0. The molecule has 0 aliphatic heterocycles. The largest absolute Gasteiger partial charge is 0.371 e. The van der Waals surface area contributed by atoms with Gasteiger partial charge in [-0.1, -0.05) is 0 Å². The molecule has 2 heteroatoms. The molecule has 1 fully saturated rings. The molecule has 0 atom stereocenters. The van der Waals surface area contributed by atoms with Crippen LogP contribution in [-0.4, -0.2) is 18.3 Å². The van der Waals surface area contributed by atoms with Gasteiger partial charge in [0.25, 0.3) is 0 Å². The average Bonchev–Trinajstić information content (AvgIpc) is 2.63. The predicted molar refractivity (Wildman–Crippen MR) is 41.7 cm³/mol. The maximum Gasteiger partial charge on any atom is 0.0920 e. The van der Waals surface area contributed by atoms with Gasteiger partial charge in [-0.05, 0) is 31.4 Å². The number of hydrogen-bond donors (Lipinski definition) is 0. The quantitative estimate of drug-likeness (QED) is 0.434. The molecule has 0 N–H and O–H groups in total. The molecule has 0 unspecified atom stereocenters. The molecule has 1 rings (SSSR count). The maximum atomic E-state index is 5.17. The Morgan fingerprint density at radius 1 is 1.56 bits per heavy atom. The third-order valence-corrected chi connectivity index (χ3v) is 2.46. The highest BCUT2D eigenvalue weighted by Crippen LogP contribution is 2.32. The molecule has 1 aliphatic carbocycles. The molecule has 0 amide bonds. The molecule has 1 aliphatic rings. The van der Waals surface area contributed by atoms with E-state index in [1.807, 2.05) is 18.7 Å². The fourth-order valence-corrected chi connectivity index (χ4v) is 1.69. The monoisotopic (exact) mass is 146 g/mol. The summed E-state index contributed by atoms with van der Waals surface area (Å²) in [7, 11) is 0. The Kier molecular flexibility index (Phi) is 3.44. The van der Waals surface area contributed by atoms with Crippen LogP contribution >= 0.6 is 11.8 Å². The standard InChI is InChI=1S/C7H14OS/c1-2-8-6-9-5-7-3-4-7/h7H,2-6H2,1H3. The number of hydrogen-bond acceptors (Lipinski definition) is 2. The van der Waals surface area contributed by atoms with Gasteiger partial charge < -0.3 is 4.74 Å². The van der Waals surface area contributed by atoms with E-state index in [1.54, 1.807) is 0 Å². The first-order chi connectivity index (χ1) is 4.43. The molecule has 0 radical (unpaired) electrons. The molecule has 0 aromatic carbocycles. The lowest BCUT2D eigenvalue weighted by Crippen LogP contribution is -1.90. The second-order valence-corrected chi connectivity index (χ2v) is 3.40. The predicted octanol–water partition coefficient (Wildman–Crippen LogP) is 2.12. The number of ether oxygens (including phenoxy) is 1. The summed E-state index contributed by atoms with van der Waals surface area (Å²) in [6.07, 6.45) is 2.91. The minimum absolute atomic E-state index is 0.859. The van der Waals surface area contributed by atoms with Gasteiger partial charge in [0, 0.05) is 6.61 Å². The van der Waals surface area contributed by atoms with Gasteiger partial charge in [0.1, 0.15) is 0 Å². The third kappa shape index (κ3) is 3.82. The van der Waals surface area contributed by atoms with Crippen molar-refractivity contribution in [3.8, 4) is 0 Å². The molecular weight excluding hydrogens is 132 g/mol. The topological polar surface area (TPSA) is 9.23 Å². The number of thioether (sulfide) groups is 1. The lowest BCUT2D eigenvalue weighted by atomic mass is 10.5. The second-order valence-electron chi connectivity index (χ2n) is 2.42. The molecule has 1 saturated carbocycles.